The van der Waals surface area contributed by atoms with Gasteiger partial charge in [-0.05, 0) is 50.9 Å². The molecule has 0 aromatic carbocycles. The molecule has 1 saturated heterocycles. The first-order valence-corrected chi connectivity index (χ1v) is 8.96. The molecule has 2 N–H and O–H groups in total. The molecule has 0 spiro atoms. The molecule has 1 fully saturated rings. The van der Waals surface area contributed by atoms with E-state index in [1.165, 1.54) is 4.31 Å². The first kappa shape index (κ1) is 16.5. The minimum absolute atomic E-state index is 0.202. The van der Waals surface area contributed by atoms with Crippen LogP contribution in [0.1, 0.15) is 31.3 Å². The van der Waals surface area contributed by atoms with E-state index in [4.69, 9.17) is 4.42 Å². The van der Waals surface area contributed by atoms with Gasteiger partial charge in [-0.1, -0.05) is 6.92 Å². The molecule has 6 nitrogen and oxygen atoms in total. The molecule has 0 saturated carbocycles. The minimum atomic E-state index is -3.41. The number of furan rings is 1. The number of rotatable bonds is 7. The number of piperidine rings is 1. The molecule has 1 aromatic rings. The van der Waals surface area contributed by atoms with Gasteiger partial charge in [0.2, 0.25) is 0 Å². The summed E-state index contributed by atoms with van der Waals surface area (Å²) in [5.41, 5.74) is 0. The van der Waals surface area contributed by atoms with Crippen molar-refractivity contribution in [2.24, 2.45) is 5.92 Å². The third-order valence-electron chi connectivity index (χ3n) is 3.82. The van der Waals surface area contributed by atoms with Crippen LogP contribution in [0.3, 0.4) is 0 Å². The number of nitrogens with zero attached hydrogens (tertiary/aromatic N) is 1. The average molecular weight is 315 g/mol. The van der Waals surface area contributed by atoms with E-state index in [9.17, 15) is 8.42 Å². The molecule has 120 valence electrons. The van der Waals surface area contributed by atoms with Crippen LogP contribution in [0.5, 0.6) is 0 Å². The summed E-state index contributed by atoms with van der Waals surface area (Å²) in [6, 6.07) is 3.62. The monoisotopic (exact) mass is 315 g/mol. The third-order valence-corrected chi connectivity index (χ3v) is 5.38. The van der Waals surface area contributed by atoms with Crippen LogP contribution in [0.15, 0.2) is 16.5 Å². The normalized spacial score (nSPS) is 18.2. The maximum absolute atomic E-state index is 12.2. The van der Waals surface area contributed by atoms with Crippen molar-refractivity contribution in [2.45, 2.75) is 33.2 Å². The topological polar surface area (TPSA) is 74.6 Å². The second-order valence-electron chi connectivity index (χ2n) is 5.49. The molecule has 0 atom stereocenters. The van der Waals surface area contributed by atoms with Gasteiger partial charge >= 0.3 is 0 Å². The van der Waals surface area contributed by atoms with E-state index in [2.05, 4.69) is 17.0 Å². The molecule has 0 unspecified atom stereocenters. The van der Waals surface area contributed by atoms with Crippen molar-refractivity contribution in [3.63, 3.8) is 0 Å². The summed E-state index contributed by atoms with van der Waals surface area (Å²) in [4.78, 5) is 0. The molecule has 0 bridgehead atoms. The third kappa shape index (κ3) is 4.81. The lowest BCUT2D eigenvalue weighted by Crippen LogP contribution is -2.45. The Balaban J connectivity index is 1.81. The zero-order valence-corrected chi connectivity index (χ0v) is 13.6. The molecule has 0 radical (unpaired) electrons. The molecule has 1 aliphatic heterocycles. The summed E-state index contributed by atoms with van der Waals surface area (Å²) in [7, 11) is -3.41. The highest BCUT2D eigenvalue weighted by Crippen LogP contribution is 2.18. The molecular formula is C14H25N3O3S. The lowest BCUT2D eigenvalue weighted by Gasteiger charge is -2.31. The fraction of sp³-hybridized carbons (Fsp3) is 0.714. The summed E-state index contributed by atoms with van der Waals surface area (Å²) < 4.78 is 34.0. The highest BCUT2D eigenvalue weighted by Gasteiger charge is 2.27. The fourth-order valence-corrected chi connectivity index (χ4v) is 3.73. The van der Waals surface area contributed by atoms with Crippen LogP contribution in [0, 0.1) is 12.8 Å². The van der Waals surface area contributed by atoms with Crippen LogP contribution in [0.25, 0.3) is 0 Å². The van der Waals surface area contributed by atoms with Gasteiger partial charge < -0.3 is 9.73 Å². The summed E-state index contributed by atoms with van der Waals surface area (Å²) in [5.74, 6) is 2.00. The van der Waals surface area contributed by atoms with Crippen molar-refractivity contribution in [1.82, 2.24) is 14.3 Å². The van der Waals surface area contributed by atoms with Crippen LogP contribution < -0.4 is 10.0 Å². The zero-order chi connectivity index (χ0) is 15.3. The molecular weight excluding hydrogens is 290 g/mol. The van der Waals surface area contributed by atoms with Crippen molar-refractivity contribution >= 4 is 10.2 Å². The molecule has 7 heteroatoms. The first-order valence-electron chi connectivity index (χ1n) is 7.52. The van der Waals surface area contributed by atoms with Crippen molar-refractivity contribution in [3.8, 4) is 0 Å². The average Bonchev–Trinajstić information content (AvgIpc) is 2.89. The van der Waals surface area contributed by atoms with E-state index in [1.54, 1.807) is 6.07 Å². The Morgan fingerprint density at radius 1 is 1.33 bits per heavy atom. The van der Waals surface area contributed by atoms with Crippen LogP contribution in [-0.4, -0.2) is 38.9 Å². The van der Waals surface area contributed by atoms with E-state index in [-0.39, 0.29) is 6.54 Å². The van der Waals surface area contributed by atoms with Crippen LogP contribution in [0.4, 0.5) is 0 Å². The number of hydrogen-bond donors (Lipinski definition) is 2. The van der Waals surface area contributed by atoms with Gasteiger partial charge in [-0.2, -0.15) is 17.4 Å². The Morgan fingerprint density at radius 3 is 2.62 bits per heavy atom. The van der Waals surface area contributed by atoms with Gasteiger partial charge in [0.05, 0.1) is 6.54 Å². The predicted octanol–water partition coefficient (Wildman–Crippen LogP) is 1.24. The summed E-state index contributed by atoms with van der Waals surface area (Å²) >= 11 is 0. The molecule has 0 aliphatic carbocycles. The van der Waals surface area contributed by atoms with E-state index < -0.39 is 10.2 Å². The standard InChI is InChI=1S/C14H25N3O3S/c1-3-15-10-13-6-8-17(9-7-13)21(18,19)16-11-14-5-4-12(2)20-14/h4-5,13,15-16H,3,6-11H2,1-2H3. The molecule has 21 heavy (non-hydrogen) atoms. The highest BCUT2D eigenvalue weighted by atomic mass is 32.2. The van der Waals surface area contributed by atoms with Gasteiger partial charge in [-0.3, -0.25) is 0 Å². The smallest absolute Gasteiger partial charge is 0.279 e. The highest BCUT2D eigenvalue weighted by molar-refractivity contribution is 7.87. The van der Waals surface area contributed by atoms with E-state index in [0.717, 1.165) is 31.7 Å². The summed E-state index contributed by atoms with van der Waals surface area (Å²) in [6.45, 7) is 7.23. The maximum Gasteiger partial charge on any atom is 0.279 e. The Hall–Kier alpha value is -0.890. The largest absolute Gasteiger partial charge is 0.465 e. The summed E-state index contributed by atoms with van der Waals surface area (Å²) in [6.07, 6.45) is 1.82. The van der Waals surface area contributed by atoms with Crippen LogP contribution in [-0.2, 0) is 16.8 Å². The van der Waals surface area contributed by atoms with Gasteiger partial charge in [0.25, 0.3) is 10.2 Å². The van der Waals surface area contributed by atoms with Crippen LogP contribution >= 0.6 is 0 Å². The van der Waals surface area contributed by atoms with E-state index >= 15 is 0 Å². The number of aryl methyl sites for hydroxylation is 1. The minimum Gasteiger partial charge on any atom is -0.465 e. The lowest BCUT2D eigenvalue weighted by molar-refractivity contribution is 0.265. The van der Waals surface area contributed by atoms with Crippen molar-refractivity contribution in [2.75, 3.05) is 26.2 Å². The summed E-state index contributed by atoms with van der Waals surface area (Å²) in [5, 5.41) is 3.32. The molecule has 2 rings (SSSR count). The van der Waals surface area contributed by atoms with Gasteiger partial charge in [0.15, 0.2) is 0 Å². The Kier molecular flexibility index (Phi) is 5.80. The molecule has 1 aromatic heterocycles. The Morgan fingerprint density at radius 2 is 2.05 bits per heavy atom. The number of nitrogens with one attached hydrogen (secondary N) is 2. The lowest BCUT2D eigenvalue weighted by atomic mass is 9.98. The van der Waals surface area contributed by atoms with Crippen molar-refractivity contribution in [1.29, 1.82) is 0 Å². The second-order valence-corrected chi connectivity index (χ2v) is 7.24. The zero-order valence-electron chi connectivity index (χ0n) is 12.8. The predicted molar refractivity (Wildman–Crippen MR) is 82.0 cm³/mol. The SMILES string of the molecule is CCNCC1CCN(S(=O)(=O)NCc2ccc(C)o2)CC1. The van der Waals surface area contributed by atoms with Gasteiger partial charge in [-0.25, -0.2) is 0 Å². The maximum atomic E-state index is 12.2. The molecule has 1 aliphatic rings. The molecule has 2 heterocycles. The first-order chi connectivity index (χ1) is 10.0. The van der Waals surface area contributed by atoms with Gasteiger partial charge in [0.1, 0.15) is 11.5 Å². The fourth-order valence-electron chi connectivity index (χ4n) is 2.54. The van der Waals surface area contributed by atoms with Crippen LogP contribution in [0.2, 0.25) is 0 Å². The molecule has 0 amide bonds. The van der Waals surface area contributed by atoms with Crippen molar-refractivity contribution < 1.29 is 12.8 Å². The van der Waals surface area contributed by atoms with E-state index in [0.29, 0.717) is 24.8 Å². The second kappa shape index (κ2) is 7.40. The Labute approximate surface area is 127 Å². The van der Waals surface area contributed by atoms with Crippen molar-refractivity contribution in [3.05, 3.63) is 23.7 Å². The quantitative estimate of drug-likeness (QED) is 0.794. The number of hydrogen-bond acceptors (Lipinski definition) is 4. The van der Waals surface area contributed by atoms with Gasteiger partial charge in [0, 0.05) is 13.1 Å². The van der Waals surface area contributed by atoms with E-state index in [1.807, 2.05) is 13.0 Å². The van der Waals surface area contributed by atoms with Gasteiger partial charge in [-0.15, -0.1) is 0 Å². The Bertz CT molecular complexity index is 533.